The zero-order valence-electron chi connectivity index (χ0n) is 2.79. The highest BCUT2D eigenvalue weighted by molar-refractivity contribution is 14.1. The summed E-state index contributed by atoms with van der Waals surface area (Å²) in [5.41, 5.74) is 0. The zero-order chi connectivity index (χ0) is 3.41. The lowest BCUT2D eigenvalue weighted by molar-refractivity contribution is 1.56. The molecule has 0 radical (unpaired) electrons. The molecule has 0 N–H and O–H groups in total. The van der Waals surface area contributed by atoms with Crippen LogP contribution in [0.4, 0.5) is 0 Å². The van der Waals surface area contributed by atoms with Crippen LogP contribution in [0, 0.1) is 0 Å². The molecule has 0 rings (SSSR count). The minimum Gasteiger partial charge on any atom is -0.0871 e. The average molecular weight is 168 g/mol. The van der Waals surface area contributed by atoms with Crippen molar-refractivity contribution in [3.8, 4) is 0 Å². The number of hydrogen-bond acceptors (Lipinski definition) is 0. The van der Waals surface area contributed by atoms with Gasteiger partial charge in [0.2, 0.25) is 0 Å². The van der Waals surface area contributed by atoms with E-state index in [1.165, 1.54) is 10.7 Å². The van der Waals surface area contributed by atoms with Crippen LogP contribution in [0.3, 0.4) is 0 Å². The van der Waals surface area contributed by atoms with Crippen molar-refractivity contribution in [2.45, 2.75) is 6.32 Å². The van der Waals surface area contributed by atoms with Crippen molar-refractivity contribution in [2.75, 3.05) is 4.43 Å². The molecule has 0 nitrogen and oxygen atoms in total. The van der Waals surface area contributed by atoms with Crippen molar-refractivity contribution in [1.82, 2.24) is 0 Å². The Morgan fingerprint density at radius 1 is 1.75 bits per heavy atom. The lowest BCUT2D eigenvalue weighted by Gasteiger charge is -1.65. The maximum Gasteiger partial charge on any atom is 0.102 e. The van der Waals surface area contributed by atoms with Gasteiger partial charge < -0.3 is 0 Å². The molecule has 0 heterocycles. The summed E-state index contributed by atoms with van der Waals surface area (Å²) in [5, 5.41) is 0. The van der Waals surface area contributed by atoms with E-state index < -0.39 is 0 Å². The Bertz CT molecular complexity index is 8.00. The first-order valence-electron chi connectivity index (χ1n) is 1.47. The van der Waals surface area contributed by atoms with Crippen molar-refractivity contribution in [3.63, 3.8) is 0 Å². The molecular weight excluding hydrogens is 162 g/mol. The predicted molar refractivity (Wildman–Crippen MR) is 32.2 cm³/mol. The summed E-state index contributed by atoms with van der Waals surface area (Å²) < 4.78 is 1.29. The summed E-state index contributed by atoms with van der Waals surface area (Å²) in [6.45, 7) is 0. The number of rotatable bonds is 1. The molecule has 0 saturated carbocycles. The molecule has 0 aromatic carbocycles. The van der Waals surface area contributed by atoms with E-state index in [1.54, 1.807) is 0 Å². The largest absolute Gasteiger partial charge is 0.102 e. The highest BCUT2D eigenvalue weighted by Gasteiger charge is 1.59. The second-order valence-corrected chi connectivity index (χ2v) is 1.77. The van der Waals surface area contributed by atoms with Crippen LogP contribution in [-0.2, 0) is 0 Å². The SMILES string of the molecule is BCCI. The van der Waals surface area contributed by atoms with E-state index >= 15 is 0 Å². The van der Waals surface area contributed by atoms with E-state index in [0.29, 0.717) is 0 Å². The summed E-state index contributed by atoms with van der Waals surface area (Å²) >= 11 is 2.35. The molecule has 24 valence electrons. The van der Waals surface area contributed by atoms with E-state index in [4.69, 9.17) is 0 Å². The highest BCUT2D eigenvalue weighted by Crippen LogP contribution is 1.79. The molecule has 0 bridgehead atoms. The van der Waals surface area contributed by atoms with Crippen LogP contribution in [-0.4, -0.2) is 12.3 Å². The van der Waals surface area contributed by atoms with Crippen LogP contribution in [0.5, 0.6) is 0 Å². The van der Waals surface area contributed by atoms with Crippen molar-refractivity contribution >= 4 is 30.4 Å². The monoisotopic (exact) mass is 168 g/mol. The highest BCUT2D eigenvalue weighted by atomic mass is 127. The van der Waals surface area contributed by atoms with E-state index in [1.807, 2.05) is 0 Å². The van der Waals surface area contributed by atoms with Crippen molar-refractivity contribution in [1.29, 1.82) is 0 Å². The zero-order valence-corrected chi connectivity index (χ0v) is 4.95. The van der Waals surface area contributed by atoms with Gasteiger partial charge in [-0.3, -0.25) is 0 Å². The van der Waals surface area contributed by atoms with E-state index in [9.17, 15) is 0 Å². The second-order valence-electron chi connectivity index (χ2n) is 0.689. The van der Waals surface area contributed by atoms with Crippen LogP contribution >= 0.6 is 22.6 Å². The first kappa shape index (κ1) is 4.79. The van der Waals surface area contributed by atoms with Crippen molar-refractivity contribution in [3.05, 3.63) is 0 Å². The molecule has 0 amide bonds. The van der Waals surface area contributed by atoms with Crippen molar-refractivity contribution < 1.29 is 0 Å². The standard InChI is InChI=1S/C2H6BI/c3-1-2-4/h1-3H2. The molecule has 4 heavy (non-hydrogen) atoms. The maximum absolute atomic E-state index is 2.35. The van der Waals surface area contributed by atoms with Gasteiger partial charge in [-0.25, -0.2) is 0 Å². The Morgan fingerprint density at radius 3 is 2.00 bits per heavy atom. The molecule has 0 aromatic rings. The third-order valence-electron chi connectivity index (χ3n) is 0.189. The number of hydrogen-bond donors (Lipinski definition) is 0. The molecule has 0 spiro atoms. The molecule has 0 aliphatic carbocycles. The third kappa shape index (κ3) is 2.79. The summed E-state index contributed by atoms with van der Waals surface area (Å²) in [5.74, 6) is 0. The Kier molecular flexibility index (Phi) is 4.55. The van der Waals surface area contributed by atoms with Gasteiger partial charge in [0.15, 0.2) is 0 Å². The normalized spacial score (nSPS) is 7.25. The second kappa shape index (κ2) is 3.79. The molecule has 0 atom stereocenters. The van der Waals surface area contributed by atoms with E-state index in [0.717, 1.165) is 0 Å². The van der Waals surface area contributed by atoms with Gasteiger partial charge in [-0.2, -0.15) is 0 Å². The lowest BCUT2D eigenvalue weighted by Crippen LogP contribution is -1.60. The summed E-state index contributed by atoms with van der Waals surface area (Å²) in [6, 6.07) is 0. The van der Waals surface area contributed by atoms with Gasteiger partial charge in [0.25, 0.3) is 0 Å². The summed E-state index contributed by atoms with van der Waals surface area (Å²) in [6.07, 6.45) is 1.31. The minimum atomic E-state index is 1.29. The predicted octanol–water partition coefficient (Wildman–Crippen LogP) is 0.473. The summed E-state index contributed by atoms with van der Waals surface area (Å²) in [7, 11) is 2.17. The van der Waals surface area contributed by atoms with Gasteiger partial charge in [0.1, 0.15) is 7.85 Å². The first-order chi connectivity index (χ1) is 1.91. The topological polar surface area (TPSA) is 0 Å². The minimum absolute atomic E-state index is 1.29. The van der Waals surface area contributed by atoms with Gasteiger partial charge in [-0.1, -0.05) is 28.9 Å². The first-order valence-corrected chi connectivity index (χ1v) is 3.00. The fraction of sp³-hybridized carbons (Fsp3) is 1.00. The van der Waals surface area contributed by atoms with Crippen LogP contribution < -0.4 is 0 Å². The Hall–Kier alpha value is 0.795. The van der Waals surface area contributed by atoms with Crippen LogP contribution in [0.25, 0.3) is 0 Å². The molecule has 0 saturated heterocycles. The Balaban J connectivity index is 1.97. The summed E-state index contributed by atoms with van der Waals surface area (Å²) in [4.78, 5) is 0. The van der Waals surface area contributed by atoms with Crippen LogP contribution in [0.2, 0.25) is 6.32 Å². The quantitative estimate of drug-likeness (QED) is 0.303. The Morgan fingerprint density at radius 2 is 2.00 bits per heavy atom. The van der Waals surface area contributed by atoms with Crippen LogP contribution in [0.15, 0.2) is 0 Å². The van der Waals surface area contributed by atoms with Gasteiger partial charge in [-0.05, 0) is 4.43 Å². The van der Waals surface area contributed by atoms with Gasteiger partial charge >= 0.3 is 0 Å². The smallest absolute Gasteiger partial charge is 0.0871 e. The average Bonchev–Trinajstić information content (AvgIpc) is 1.37. The van der Waals surface area contributed by atoms with Crippen LogP contribution in [0.1, 0.15) is 0 Å². The van der Waals surface area contributed by atoms with Gasteiger partial charge in [-0.15, -0.1) is 0 Å². The third-order valence-corrected chi connectivity index (χ3v) is 1.27. The number of halogens is 1. The molecule has 2 heteroatoms. The Labute approximate surface area is 41.5 Å². The number of alkyl halides is 1. The molecule has 0 unspecified atom stereocenters. The lowest BCUT2D eigenvalue weighted by atomic mass is 10.1. The van der Waals surface area contributed by atoms with E-state index in [-0.39, 0.29) is 0 Å². The molecular formula is C2H6BI. The maximum atomic E-state index is 2.35. The molecule has 0 aliphatic rings. The fourth-order valence-electron chi connectivity index (χ4n) is 0. The van der Waals surface area contributed by atoms with Crippen molar-refractivity contribution in [2.24, 2.45) is 0 Å². The van der Waals surface area contributed by atoms with Gasteiger partial charge in [0, 0.05) is 0 Å². The fourth-order valence-corrected chi connectivity index (χ4v) is 0. The molecule has 0 aromatic heterocycles. The van der Waals surface area contributed by atoms with E-state index in [2.05, 4.69) is 30.4 Å². The molecule has 0 aliphatic heterocycles. The van der Waals surface area contributed by atoms with Gasteiger partial charge in [0.05, 0.1) is 0 Å². The molecule has 0 fully saturated rings.